The Balaban J connectivity index is 1.35. The van der Waals surface area contributed by atoms with E-state index in [4.69, 9.17) is 16.3 Å². The Morgan fingerprint density at radius 3 is 2.50 bits per heavy atom. The van der Waals surface area contributed by atoms with E-state index in [0.717, 1.165) is 4.90 Å². The number of aromatic amines is 1. The van der Waals surface area contributed by atoms with Crippen molar-refractivity contribution in [3.05, 3.63) is 55.7 Å². The summed E-state index contributed by atoms with van der Waals surface area (Å²) in [6.45, 7) is 2.23. The predicted octanol–water partition coefficient (Wildman–Crippen LogP) is 4.73. The maximum atomic E-state index is 16.6. The van der Waals surface area contributed by atoms with Gasteiger partial charge in [0.1, 0.15) is 0 Å². The number of fused-ring (bicyclic) bond motifs is 3. The van der Waals surface area contributed by atoms with Crippen LogP contribution in [-0.4, -0.2) is 53.0 Å². The van der Waals surface area contributed by atoms with Crippen molar-refractivity contribution in [3.8, 4) is 11.5 Å². The minimum atomic E-state index is -2.25. The summed E-state index contributed by atoms with van der Waals surface area (Å²) in [4.78, 5) is 32.2. The SMILES string of the molecule is [2H]C([2H])([2H])N(C)C1CCC([C@]2(C)Oc3c(C)c4c(c(F)c3O2)C2(CC2)C([2H])([2H])N(Cc2c(C)cc(C)[nH]c2=O)C4=O)CC1. The predicted molar refractivity (Wildman–Crippen MR) is 142 cm³/mol. The molecular weight excluding hydrogens is 485 g/mol. The number of hydrogen-bond donors (Lipinski definition) is 1. The molecule has 1 spiro atoms. The monoisotopic (exact) mass is 528 g/mol. The molecule has 3 heterocycles. The van der Waals surface area contributed by atoms with Gasteiger partial charge in [-0.15, -0.1) is 0 Å². The number of halogens is 1. The van der Waals surface area contributed by atoms with Gasteiger partial charge >= 0.3 is 0 Å². The number of aryl methyl sites for hydroxylation is 2. The molecule has 0 radical (unpaired) electrons. The highest BCUT2D eigenvalue weighted by molar-refractivity contribution is 6.00. The lowest BCUT2D eigenvalue weighted by Crippen LogP contribution is -2.46. The standard InChI is InChI=1S/C30H38FN3O4/c1-16-13-17(2)32-27(35)21(16)14-34-15-30(11-12-30)23-22(28(34)36)18(3)25-26(24(23)31)38-29(4,37-25)19-7-9-20(10-8-19)33(5)6/h13,19-20H,7-12,14-15H2,1-6H3,(H,32,35)/t19?,20?,29-/m1/s1/i5D3,15D2. The van der Waals surface area contributed by atoms with Crippen molar-refractivity contribution < 1.29 is 25.5 Å². The average Bonchev–Trinajstić information content (AvgIpc) is 3.64. The Labute approximate surface area is 230 Å². The Morgan fingerprint density at radius 2 is 1.87 bits per heavy atom. The van der Waals surface area contributed by atoms with Crippen LogP contribution in [0.5, 0.6) is 11.5 Å². The molecule has 2 fully saturated rings. The van der Waals surface area contributed by atoms with Gasteiger partial charge in [-0.05, 0) is 84.9 Å². The molecule has 0 bridgehead atoms. The first kappa shape index (κ1) is 20.1. The molecule has 2 saturated carbocycles. The van der Waals surface area contributed by atoms with Gasteiger partial charge < -0.3 is 24.3 Å². The molecule has 1 aromatic heterocycles. The zero-order chi connectivity index (χ0) is 31.4. The largest absolute Gasteiger partial charge is 0.448 e. The summed E-state index contributed by atoms with van der Waals surface area (Å²) in [7, 11) is 1.60. The molecule has 1 amide bonds. The maximum absolute atomic E-state index is 16.6. The molecular formula is C30H38FN3O4. The van der Waals surface area contributed by atoms with Crippen LogP contribution in [-0.2, 0) is 12.0 Å². The lowest BCUT2D eigenvalue weighted by molar-refractivity contribution is -0.124. The summed E-state index contributed by atoms with van der Waals surface area (Å²) < 4.78 is 70.6. The van der Waals surface area contributed by atoms with Crippen LogP contribution in [0.25, 0.3) is 0 Å². The van der Waals surface area contributed by atoms with Crippen LogP contribution >= 0.6 is 0 Å². The Kier molecular flexibility index (Phi) is 4.53. The van der Waals surface area contributed by atoms with Gasteiger partial charge in [-0.3, -0.25) is 9.59 Å². The third kappa shape index (κ3) is 3.78. The molecule has 0 saturated heterocycles. The molecule has 2 aliphatic heterocycles. The van der Waals surface area contributed by atoms with Gasteiger partial charge in [0.15, 0.2) is 11.6 Å². The average molecular weight is 529 g/mol. The minimum absolute atomic E-state index is 0.0281. The summed E-state index contributed by atoms with van der Waals surface area (Å²) >= 11 is 0. The minimum Gasteiger partial charge on any atom is -0.448 e. The first-order chi connectivity index (χ1) is 19.9. The molecule has 7 nitrogen and oxygen atoms in total. The fourth-order valence-electron chi connectivity index (χ4n) is 6.64. The zero-order valence-corrected chi connectivity index (χ0v) is 22.6. The molecule has 38 heavy (non-hydrogen) atoms. The van der Waals surface area contributed by atoms with Crippen molar-refractivity contribution in [3.63, 3.8) is 0 Å². The third-order valence-electron chi connectivity index (χ3n) is 9.03. The molecule has 204 valence electrons. The van der Waals surface area contributed by atoms with Gasteiger partial charge in [0.05, 0.1) is 14.8 Å². The van der Waals surface area contributed by atoms with Crippen molar-refractivity contribution in [1.82, 2.24) is 14.8 Å². The Morgan fingerprint density at radius 1 is 1.18 bits per heavy atom. The summed E-state index contributed by atoms with van der Waals surface area (Å²) in [6.07, 6.45) is 3.14. The smallest absolute Gasteiger partial charge is 0.255 e. The number of H-pyrrole nitrogens is 1. The van der Waals surface area contributed by atoms with Crippen LogP contribution in [0.2, 0.25) is 0 Å². The number of carbonyl (C=O) groups is 1. The Bertz CT molecular complexity index is 1580. The molecule has 6 rings (SSSR count). The molecule has 8 heteroatoms. The number of amides is 1. The van der Waals surface area contributed by atoms with E-state index in [1.807, 2.05) is 0 Å². The second-order valence-corrected chi connectivity index (χ2v) is 11.7. The van der Waals surface area contributed by atoms with E-state index in [9.17, 15) is 9.59 Å². The van der Waals surface area contributed by atoms with Crippen LogP contribution in [0.15, 0.2) is 10.9 Å². The van der Waals surface area contributed by atoms with E-state index in [1.165, 1.54) is 4.90 Å². The van der Waals surface area contributed by atoms with Gasteiger partial charge in [-0.1, -0.05) is 0 Å². The highest BCUT2D eigenvalue weighted by Gasteiger charge is 2.57. The zero-order valence-electron chi connectivity index (χ0n) is 27.6. The van der Waals surface area contributed by atoms with Crippen molar-refractivity contribution in [2.24, 2.45) is 5.92 Å². The molecule has 4 aliphatic rings. The second-order valence-electron chi connectivity index (χ2n) is 11.7. The van der Waals surface area contributed by atoms with Gasteiger partial charge in [-0.2, -0.15) is 0 Å². The number of nitrogens with zero attached hydrogens (tertiary/aromatic N) is 2. The fourth-order valence-corrected chi connectivity index (χ4v) is 6.64. The van der Waals surface area contributed by atoms with Crippen LogP contribution in [0.1, 0.15) is 90.6 Å². The summed E-state index contributed by atoms with van der Waals surface area (Å²) in [6, 6.07) is 1.66. The van der Waals surface area contributed by atoms with Crippen LogP contribution in [0.4, 0.5) is 4.39 Å². The highest BCUT2D eigenvalue weighted by atomic mass is 19.1. The number of rotatable bonds is 4. The number of nitrogens with one attached hydrogen (secondary N) is 1. The van der Waals surface area contributed by atoms with Crippen molar-refractivity contribution >= 4 is 5.91 Å². The number of pyridine rings is 1. The normalized spacial score (nSPS) is 30.9. The van der Waals surface area contributed by atoms with Gasteiger partial charge in [0.25, 0.3) is 17.3 Å². The van der Waals surface area contributed by atoms with Crippen LogP contribution < -0.4 is 15.0 Å². The fraction of sp³-hybridized carbons (Fsp3) is 0.600. The van der Waals surface area contributed by atoms with E-state index >= 15 is 4.39 Å². The van der Waals surface area contributed by atoms with Crippen LogP contribution in [0.3, 0.4) is 0 Å². The molecule has 0 unspecified atom stereocenters. The van der Waals surface area contributed by atoms with Gasteiger partial charge in [0.2, 0.25) is 5.75 Å². The lowest BCUT2D eigenvalue weighted by atomic mass is 9.81. The van der Waals surface area contributed by atoms with E-state index < -0.39 is 36.4 Å². The highest BCUT2D eigenvalue weighted by Crippen LogP contribution is 2.59. The number of hydrogen-bond acceptors (Lipinski definition) is 5. The second kappa shape index (κ2) is 8.57. The van der Waals surface area contributed by atoms with Crippen molar-refractivity contribution in [1.29, 1.82) is 0 Å². The summed E-state index contributed by atoms with van der Waals surface area (Å²) in [5.41, 5.74) is 0.415. The first-order valence-corrected chi connectivity index (χ1v) is 13.4. The van der Waals surface area contributed by atoms with Crippen LogP contribution in [0, 0.1) is 32.5 Å². The Hall–Kier alpha value is -2.87. The summed E-state index contributed by atoms with van der Waals surface area (Å²) in [5, 5.41) is 0. The summed E-state index contributed by atoms with van der Waals surface area (Å²) in [5.74, 6) is -2.81. The van der Waals surface area contributed by atoms with Gasteiger partial charge in [0, 0.05) is 57.3 Å². The third-order valence-corrected chi connectivity index (χ3v) is 9.03. The van der Waals surface area contributed by atoms with E-state index in [0.29, 0.717) is 55.3 Å². The van der Waals surface area contributed by atoms with E-state index in [2.05, 4.69) is 4.98 Å². The molecule has 2 aliphatic carbocycles. The topological polar surface area (TPSA) is 74.9 Å². The number of benzene rings is 1. The van der Waals surface area contributed by atoms with Crippen molar-refractivity contribution in [2.75, 3.05) is 20.5 Å². The van der Waals surface area contributed by atoms with Gasteiger partial charge in [-0.25, -0.2) is 4.39 Å². The number of aromatic nitrogens is 1. The quantitative estimate of drug-likeness (QED) is 0.621. The molecule has 1 atom stereocenters. The van der Waals surface area contributed by atoms with E-state index in [-0.39, 0.29) is 52.3 Å². The lowest BCUT2D eigenvalue weighted by Gasteiger charge is -2.39. The number of ether oxygens (including phenoxy) is 2. The maximum Gasteiger partial charge on any atom is 0.255 e. The number of carbonyl (C=O) groups excluding carboxylic acids is 1. The van der Waals surface area contributed by atoms with E-state index in [1.54, 1.807) is 40.8 Å². The molecule has 1 aromatic carbocycles. The molecule has 1 N–H and O–H groups in total. The molecule has 2 aromatic rings. The first-order valence-electron chi connectivity index (χ1n) is 15.9. The van der Waals surface area contributed by atoms with Crippen molar-refractivity contribution in [2.45, 2.75) is 90.0 Å².